The summed E-state index contributed by atoms with van der Waals surface area (Å²) in [5.74, 6) is 0.239. The lowest BCUT2D eigenvalue weighted by molar-refractivity contribution is -0.136. The molecule has 19 heavy (non-hydrogen) atoms. The summed E-state index contributed by atoms with van der Waals surface area (Å²) in [5, 5.41) is 0. The Bertz CT molecular complexity index is 495. The Morgan fingerprint density at radius 3 is 1.95 bits per heavy atom. The van der Waals surface area contributed by atoms with Crippen LogP contribution in [0.3, 0.4) is 0 Å². The van der Waals surface area contributed by atoms with E-state index in [0.717, 1.165) is 0 Å². The van der Waals surface area contributed by atoms with Crippen LogP contribution in [-0.2, 0) is 22.7 Å². The molecule has 0 bridgehead atoms. The molecule has 0 saturated carbocycles. The summed E-state index contributed by atoms with van der Waals surface area (Å²) in [7, 11) is 0. The highest BCUT2D eigenvalue weighted by molar-refractivity contribution is 5.95. The predicted octanol–water partition coefficient (Wildman–Crippen LogP) is 1.28. The molecule has 0 aliphatic heterocycles. The number of hydrogen-bond acceptors (Lipinski definition) is 4. The fraction of sp³-hybridized carbons (Fsp3) is 0.231. The molecular weight excluding hydrogens is 248 g/mol. The monoisotopic (exact) mass is 262 g/mol. The molecule has 0 saturated heterocycles. The Kier molecular flexibility index (Phi) is 4.02. The molecule has 2 amide bonds. The molecule has 2 aromatic heterocycles. The zero-order valence-corrected chi connectivity index (χ0v) is 10.2. The van der Waals surface area contributed by atoms with E-state index in [2.05, 4.69) is 0 Å². The number of carbonyl (C=O) groups excluding carboxylic acids is 2. The van der Waals surface area contributed by atoms with Crippen LogP contribution >= 0.6 is 0 Å². The van der Waals surface area contributed by atoms with Gasteiger partial charge in [-0.25, -0.2) is 0 Å². The maximum atomic E-state index is 11.9. The smallest absolute Gasteiger partial charge is 0.232 e. The maximum absolute atomic E-state index is 11.9. The Morgan fingerprint density at radius 2 is 1.58 bits per heavy atom. The number of rotatable bonds is 6. The molecular formula is C13H14N2O4. The van der Waals surface area contributed by atoms with Crippen molar-refractivity contribution in [3.8, 4) is 0 Å². The highest BCUT2D eigenvalue weighted by Crippen LogP contribution is 2.12. The maximum Gasteiger partial charge on any atom is 0.232 e. The van der Waals surface area contributed by atoms with Crippen LogP contribution in [-0.4, -0.2) is 16.7 Å². The second-order valence-corrected chi connectivity index (χ2v) is 4.05. The second-order valence-electron chi connectivity index (χ2n) is 4.05. The van der Waals surface area contributed by atoms with Gasteiger partial charge < -0.3 is 19.5 Å². The number of amides is 2. The van der Waals surface area contributed by atoms with E-state index in [9.17, 15) is 9.59 Å². The fourth-order valence-electron chi connectivity index (χ4n) is 1.67. The molecule has 0 radical (unpaired) electrons. The molecule has 0 atom stereocenters. The van der Waals surface area contributed by atoms with Crippen LogP contribution in [0.25, 0.3) is 0 Å². The van der Waals surface area contributed by atoms with Gasteiger partial charge in [0.15, 0.2) is 0 Å². The molecule has 0 spiro atoms. The lowest BCUT2D eigenvalue weighted by Crippen LogP contribution is -2.33. The minimum absolute atomic E-state index is 0.264. The fourth-order valence-corrected chi connectivity index (χ4v) is 1.67. The predicted molar refractivity (Wildman–Crippen MR) is 65.5 cm³/mol. The Hall–Kier alpha value is -2.50. The van der Waals surface area contributed by atoms with E-state index >= 15 is 0 Å². The zero-order valence-electron chi connectivity index (χ0n) is 10.2. The van der Waals surface area contributed by atoms with Crippen LogP contribution in [0.2, 0.25) is 0 Å². The molecule has 0 aromatic carbocycles. The van der Waals surface area contributed by atoms with Crippen molar-refractivity contribution in [2.24, 2.45) is 5.73 Å². The molecule has 0 fully saturated rings. The summed E-state index contributed by atoms with van der Waals surface area (Å²) >= 11 is 0. The molecule has 2 N–H and O–H groups in total. The van der Waals surface area contributed by atoms with Crippen LogP contribution < -0.4 is 5.73 Å². The van der Waals surface area contributed by atoms with E-state index in [4.69, 9.17) is 14.6 Å². The summed E-state index contributed by atoms with van der Waals surface area (Å²) < 4.78 is 10.4. The first-order valence-electron chi connectivity index (χ1n) is 5.76. The van der Waals surface area contributed by atoms with Crippen molar-refractivity contribution in [1.29, 1.82) is 0 Å². The molecule has 0 aliphatic rings. The average molecular weight is 262 g/mol. The van der Waals surface area contributed by atoms with Crippen LogP contribution in [0, 0.1) is 0 Å². The van der Waals surface area contributed by atoms with Crippen LogP contribution in [0.15, 0.2) is 45.6 Å². The highest BCUT2D eigenvalue weighted by atomic mass is 16.3. The van der Waals surface area contributed by atoms with Crippen molar-refractivity contribution in [2.45, 2.75) is 19.5 Å². The number of furan rings is 2. The third kappa shape index (κ3) is 3.74. The van der Waals surface area contributed by atoms with Gasteiger partial charge in [-0.3, -0.25) is 9.59 Å². The third-order valence-electron chi connectivity index (χ3n) is 2.53. The Balaban J connectivity index is 2.08. The van der Waals surface area contributed by atoms with Gasteiger partial charge in [0.25, 0.3) is 0 Å². The largest absolute Gasteiger partial charge is 0.467 e. The van der Waals surface area contributed by atoms with Gasteiger partial charge in [-0.2, -0.15) is 0 Å². The molecule has 6 heteroatoms. The number of nitrogens with two attached hydrogens (primary N) is 1. The van der Waals surface area contributed by atoms with Crippen molar-refractivity contribution >= 4 is 11.8 Å². The third-order valence-corrected chi connectivity index (χ3v) is 2.53. The Labute approximate surface area is 109 Å². The van der Waals surface area contributed by atoms with E-state index < -0.39 is 5.91 Å². The summed E-state index contributed by atoms with van der Waals surface area (Å²) in [5.41, 5.74) is 5.04. The highest BCUT2D eigenvalue weighted by Gasteiger charge is 2.18. The van der Waals surface area contributed by atoms with Gasteiger partial charge in [-0.1, -0.05) is 0 Å². The first-order valence-corrected chi connectivity index (χ1v) is 5.76. The summed E-state index contributed by atoms with van der Waals surface area (Å²) in [6, 6.07) is 6.98. The van der Waals surface area contributed by atoms with Crippen molar-refractivity contribution in [2.75, 3.05) is 0 Å². The van der Waals surface area contributed by atoms with Crippen molar-refractivity contribution < 1.29 is 18.4 Å². The van der Waals surface area contributed by atoms with E-state index in [-0.39, 0.29) is 25.4 Å². The van der Waals surface area contributed by atoms with Crippen molar-refractivity contribution in [3.63, 3.8) is 0 Å². The molecule has 2 rings (SSSR count). The molecule has 100 valence electrons. The topological polar surface area (TPSA) is 89.7 Å². The van der Waals surface area contributed by atoms with E-state index in [1.807, 2.05) is 0 Å². The number of primary amides is 1. The minimum Gasteiger partial charge on any atom is -0.467 e. The SMILES string of the molecule is NC(=O)CC(=O)N(Cc1ccco1)Cc1ccco1. The molecule has 2 heterocycles. The van der Waals surface area contributed by atoms with Crippen LogP contribution in [0.1, 0.15) is 17.9 Å². The minimum atomic E-state index is -0.658. The number of nitrogens with zero attached hydrogens (tertiary/aromatic N) is 1. The quantitative estimate of drug-likeness (QED) is 0.794. The standard InChI is InChI=1S/C13H14N2O4/c14-12(16)7-13(17)15(8-10-3-1-5-18-10)9-11-4-2-6-19-11/h1-6H,7-9H2,(H2,14,16). The van der Waals surface area contributed by atoms with Gasteiger partial charge in [0, 0.05) is 0 Å². The first-order chi connectivity index (χ1) is 9.15. The average Bonchev–Trinajstić information content (AvgIpc) is 2.99. The van der Waals surface area contributed by atoms with Crippen LogP contribution in [0.5, 0.6) is 0 Å². The molecule has 0 unspecified atom stereocenters. The summed E-state index contributed by atoms with van der Waals surface area (Å²) in [4.78, 5) is 24.3. The number of carbonyl (C=O) groups is 2. The first kappa shape index (κ1) is 12.9. The molecule has 0 aliphatic carbocycles. The zero-order chi connectivity index (χ0) is 13.7. The second kappa shape index (κ2) is 5.90. The van der Waals surface area contributed by atoms with Gasteiger partial charge in [-0.15, -0.1) is 0 Å². The van der Waals surface area contributed by atoms with E-state index in [1.54, 1.807) is 24.3 Å². The Morgan fingerprint density at radius 1 is 1.05 bits per heavy atom. The van der Waals surface area contributed by atoms with Crippen molar-refractivity contribution in [3.05, 3.63) is 48.3 Å². The normalized spacial score (nSPS) is 10.3. The molecule has 6 nitrogen and oxygen atoms in total. The van der Waals surface area contributed by atoms with Gasteiger partial charge in [0.2, 0.25) is 11.8 Å². The van der Waals surface area contributed by atoms with Gasteiger partial charge in [0.05, 0.1) is 25.6 Å². The lowest BCUT2D eigenvalue weighted by Gasteiger charge is -2.19. The van der Waals surface area contributed by atoms with E-state index in [1.165, 1.54) is 17.4 Å². The van der Waals surface area contributed by atoms with Gasteiger partial charge in [-0.05, 0) is 24.3 Å². The van der Waals surface area contributed by atoms with E-state index in [0.29, 0.717) is 11.5 Å². The summed E-state index contributed by atoms with van der Waals surface area (Å²) in [6.45, 7) is 0.527. The van der Waals surface area contributed by atoms with Crippen molar-refractivity contribution in [1.82, 2.24) is 4.90 Å². The van der Waals surface area contributed by atoms with Gasteiger partial charge in [0.1, 0.15) is 17.9 Å². The lowest BCUT2D eigenvalue weighted by atomic mass is 10.3. The summed E-state index contributed by atoms with van der Waals surface area (Å²) in [6.07, 6.45) is 2.72. The molecule has 2 aromatic rings. The number of hydrogen-bond donors (Lipinski definition) is 1. The van der Waals surface area contributed by atoms with Crippen LogP contribution in [0.4, 0.5) is 0 Å². The van der Waals surface area contributed by atoms with Gasteiger partial charge >= 0.3 is 0 Å².